The third kappa shape index (κ3) is 3.21. The zero-order valence-corrected chi connectivity index (χ0v) is 23.6. The molecule has 0 radical (unpaired) electrons. The van der Waals surface area contributed by atoms with Gasteiger partial charge in [-0.1, -0.05) is 91.0 Å². The Labute approximate surface area is 249 Å². The summed E-state index contributed by atoms with van der Waals surface area (Å²) in [5, 5.41) is 7.98. The van der Waals surface area contributed by atoms with Crippen molar-refractivity contribution in [3.63, 3.8) is 0 Å². The Morgan fingerprint density at radius 1 is 0.465 bits per heavy atom. The van der Waals surface area contributed by atoms with Crippen LogP contribution in [0.4, 0.5) is 0 Å². The van der Waals surface area contributed by atoms with Gasteiger partial charge in [0.05, 0.1) is 11.1 Å². The number of aromatic nitrogens is 1. The number of furan rings is 2. The molecule has 0 aliphatic rings. The average Bonchev–Trinajstić information content (AvgIpc) is 3.73. The van der Waals surface area contributed by atoms with Crippen LogP contribution in [-0.2, 0) is 0 Å². The molecule has 0 atom stereocenters. The van der Waals surface area contributed by atoms with E-state index in [1.165, 1.54) is 21.0 Å². The molecule has 0 saturated heterocycles. The Balaban J connectivity index is 1.34. The summed E-state index contributed by atoms with van der Waals surface area (Å²) in [6, 6.07) is 44.7. The van der Waals surface area contributed by atoms with Crippen LogP contribution in [-0.4, -0.2) is 4.98 Å². The molecule has 4 heterocycles. The van der Waals surface area contributed by atoms with Crippen LogP contribution in [0.25, 0.3) is 97.3 Å². The minimum atomic E-state index is 0.843. The Kier molecular flexibility index (Phi) is 4.60. The first-order valence-corrected chi connectivity index (χ1v) is 15.2. The van der Waals surface area contributed by atoms with Crippen LogP contribution < -0.4 is 0 Å². The minimum Gasteiger partial charge on any atom is -0.455 e. The standard InChI is InChI=1S/C39H21NO2S/c1-5-16-30-26(14-1)34(36-27-15-4-8-19-33(27)43-39(36)40-30)22-10-9-11-23(20-22)35-37-28(24-12-2-6-17-31(24)41-37)21-29-25-13-3-7-18-32(25)42-38(29)35/h1-21H. The quantitative estimate of drug-likeness (QED) is 0.209. The van der Waals surface area contributed by atoms with E-state index in [2.05, 4.69) is 103 Å². The van der Waals surface area contributed by atoms with Crippen molar-refractivity contribution in [3.05, 3.63) is 127 Å². The second kappa shape index (κ2) is 8.54. The van der Waals surface area contributed by atoms with E-state index in [4.69, 9.17) is 13.8 Å². The van der Waals surface area contributed by atoms with E-state index in [0.717, 1.165) is 76.3 Å². The molecule has 0 aliphatic heterocycles. The highest BCUT2D eigenvalue weighted by molar-refractivity contribution is 7.25. The smallest absolute Gasteiger partial charge is 0.147 e. The fourth-order valence-corrected chi connectivity index (χ4v) is 7.90. The van der Waals surface area contributed by atoms with Crippen molar-refractivity contribution in [1.29, 1.82) is 0 Å². The molecule has 0 unspecified atom stereocenters. The predicted octanol–water partition coefficient (Wildman–Crippen LogP) is 11.7. The maximum atomic E-state index is 6.61. The normalized spacial score (nSPS) is 12.2. The molecule has 0 bridgehead atoms. The summed E-state index contributed by atoms with van der Waals surface area (Å²) in [7, 11) is 0. The number of thiophene rings is 1. The fraction of sp³-hybridized carbons (Fsp3) is 0. The molecular formula is C39H21NO2S. The first-order valence-electron chi connectivity index (χ1n) is 14.4. The molecule has 0 N–H and O–H groups in total. The monoisotopic (exact) mass is 567 g/mol. The van der Waals surface area contributed by atoms with E-state index in [9.17, 15) is 0 Å². The van der Waals surface area contributed by atoms with Gasteiger partial charge in [-0.15, -0.1) is 11.3 Å². The van der Waals surface area contributed by atoms with Crippen molar-refractivity contribution in [3.8, 4) is 22.3 Å². The van der Waals surface area contributed by atoms with Crippen LogP contribution in [0.15, 0.2) is 136 Å². The van der Waals surface area contributed by atoms with E-state index >= 15 is 0 Å². The van der Waals surface area contributed by atoms with Gasteiger partial charge in [0.25, 0.3) is 0 Å². The lowest BCUT2D eigenvalue weighted by Crippen LogP contribution is -1.88. The van der Waals surface area contributed by atoms with E-state index in [1.54, 1.807) is 11.3 Å². The van der Waals surface area contributed by atoms with Crippen molar-refractivity contribution in [1.82, 2.24) is 4.98 Å². The number of benzene rings is 6. The second-order valence-electron chi connectivity index (χ2n) is 11.1. The maximum absolute atomic E-state index is 6.61. The number of fused-ring (bicyclic) bond motifs is 10. The van der Waals surface area contributed by atoms with Gasteiger partial charge < -0.3 is 8.83 Å². The Morgan fingerprint density at radius 2 is 1.05 bits per heavy atom. The van der Waals surface area contributed by atoms with Gasteiger partial charge in [0.1, 0.15) is 27.2 Å². The van der Waals surface area contributed by atoms with E-state index < -0.39 is 0 Å². The van der Waals surface area contributed by atoms with Crippen LogP contribution in [0, 0.1) is 0 Å². The Morgan fingerprint density at radius 3 is 1.77 bits per heavy atom. The van der Waals surface area contributed by atoms with Crippen LogP contribution in [0.5, 0.6) is 0 Å². The molecule has 0 saturated carbocycles. The second-order valence-corrected chi connectivity index (χ2v) is 12.1. The van der Waals surface area contributed by atoms with E-state index in [1.807, 2.05) is 24.3 Å². The molecule has 4 heteroatoms. The fourth-order valence-electron chi connectivity index (χ4n) is 6.81. The third-order valence-corrected chi connectivity index (χ3v) is 9.74. The van der Waals surface area contributed by atoms with Gasteiger partial charge in [0, 0.05) is 48.0 Å². The van der Waals surface area contributed by atoms with Crippen LogP contribution in [0.1, 0.15) is 0 Å². The highest BCUT2D eigenvalue weighted by atomic mass is 32.1. The lowest BCUT2D eigenvalue weighted by Gasteiger charge is -2.12. The number of hydrogen-bond donors (Lipinski definition) is 0. The number of para-hydroxylation sites is 3. The van der Waals surface area contributed by atoms with Gasteiger partial charge >= 0.3 is 0 Å². The summed E-state index contributed by atoms with van der Waals surface area (Å²) in [6.07, 6.45) is 0. The summed E-state index contributed by atoms with van der Waals surface area (Å²) < 4.78 is 14.5. The highest BCUT2D eigenvalue weighted by Gasteiger charge is 2.22. The molecule has 0 spiro atoms. The van der Waals surface area contributed by atoms with Crippen molar-refractivity contribution < 1.29 is 8.83 Å². The van der Waals surface area contributed by atoms with Crippen molar-refractivity contribution >= 4 is 86.4 Å². The van der Waals surface area contributed by atoms with Gasteiger partial charge in [-0.3, -0.25) is 0 Å². The molecular weight excluding hydrogens is 547 g/mol. The van der Waals surface area contributed by atoms with Gasteiger partial charge in [-0.2, -0.15) is 0 Å². The summed E-state index contributed by atoms with van der Waals surface area (Å²) in [5.41, 5.74) is 8.81. The molecule has 200 valence electrons. The molecule has 4 aromatic heterocycles. The lowest BCUT2D eigenvalue weighted by atomic mass is 9.92. The average molecular weight is 568 g/mol. The summed E-state index contributed by atoms with van der Waals surface area (Å²) in [4.78, 5) is 6.16. The summed E-state index contributed by atoms with van der Waals surface area (Å²) in [6.45, 7) is 0. The van der Waals surface area contributed by atoms with Gasteiger partial charge in [-0.05, 0) is 47.5 Å². The Hall–Kier alpha value is -5.45. The zero-order chi connectivity index (χ0) is 28.1. The number of rotatable bonds is 2. The van der Waals surface area contributed by atoms with Crippen LogP contribution in [0.3, 0.4) is 0 Å². The van der Waals surface area contributed by atoms with Crippen molar-refractivity contribution in [2.24, 2.45) is 0 Å². The molecule has 3 nitrogen and oxygen atoms in total. The molecule has 0 amide bonds. The zero-order valence-electron chi connectivity index (χ0n) is 22.8. The van der Waals surface area contributed by atoms with E-state index in [-0.39, 0.29) is 0 Å². The number of pyridine rings is 1. The molecule has 10 aromatic rings. The third-order valence-electron chi connectivity index (χ3n) is 8.67. The molecule has 10 rings (SSSR count). The van der Waals surface area contributed by atoms with Gasteiger partial charge in [0.15, 0.2) is 0 Å². The molecule has 0 fully saturated rings. The number of nitrogens with zero attached hydrogens (tertiary/aromatic N) is 1. The van der Waals surface area contributed by atoms with Crippen LogP contribution in [0.2, 0.25) is 0 Å². The first-order chi connectivity index (χ1) is 21.3. The van der Waals surface area contributed by atoms with Crippen LogP contribution >= 0.6 is 11.3 Å². The minimum absolute atomic E-state index is 0.843. The molecule has 0 aliphatic carbocycles. The van der Waals surface area contributed by atoms with Gasteiger partial charge in [-0.25, -0.2) is 4.98 Å². The summed E-state index contributed by atoms with van der Waals surface area (Å²) in [5.74, 6) is 0. The van der Waals surface area contributed by atoms with Crippen molar-refractivity contribution in [2.75, 3.05) is 0 Å². The first kappa shape index (κ1) is 23.1. The number of hydrogen-bond acceptors (Lipinski definition) is 4. The largest absolute Gasteiger partial charge is 0.455 e. The van der Waals surface area contributed by atoms with Gasteiger partial charge in [0.2, 0.25) is 0 Å². The molecule has 6 aromatic carbocycles. The SMILES string of the molecule is c1cc(-c2c3oc4ccccc4c3cc3c2oc2ccccc23)cc(-c2c3ccccc3nc3sc4ccccc4c23)c1. The lowest BCUT2D eigenvalue weighted by molar-refractivity contribution is 0.658. The topological polar surface area (TPSA) is 39.2 Å². The van der Waals surface area contributed by atoms with Crippen molar-refractivity contribution in [2.45, 2.75) is 0 Å². The Bertz CT molecular complexity index is 2650. The maximum Gasteiger partial charge on any atom is 0.147 e. The highest BCUT2D eigenvalue weighted by Crippen LogP contribution is 2.47. The predicted molar refractivity (Wildman–Crippen MR) is 180 cm³/mol. The summed E-state index contributed by atoms with van der Waals surface area (Å²) >= 11 is 1.75. The van der Waals surface area contributed by atoms with E-state index in [0.29, 0.717) is 0 Å². The molecule has 43 heavy (non-hydrogen) atoms.